The van der Waals surface area contributed by atoms with Crippen LogP contribution < -0.4 is 0 Å². The van der Waals surface area contributed by atoms with Crippen molar-refractivity contribution in [1.29, 1.82) is 0 Å². The van der Waals surface area contributed by atoms with Gasteiger partial charge in [0.25, 0.3) is 0 Å². The maximum absolute atomic E-state index is 6.13. The first kappa shape index (κ1) is 27.3. The topological polar surface area (TPSA) is 18.1 Å². The molecule has 0 N–H and O–H groups in total. The summed E-state index contributed by atoms with van der Waals surface area (Å²) in [6.45, 7) is 0. The highest BCUT2D eigenvalue weighted by molar-refractivity contribution is 6.12. The Hall–Kier alpha value is -6.64. The minimum absolute atomic E-state index is 0.916. The van der Waals surface area contributed by atoms with Gasteiger partial charge in [0.05, 0.1) is 11.0 Å². The highest BCUT2D eigenvalue weighted by Crippen LogP contribution is 2.48. The predicted octanol–water partition coefficient (Wildman–Crippen LogP) is 13.3. The molecule has 50 heavy (non-hydrogen) atoms. The summed E-state index contributed by atoms with van der Waals surface area (Å²) in [6.07, 6.45) is 0. The lowest BCUT2D eigenvalue weighted by Crippen LogP contribution is -1.99. The van der Waals surface area contributed by atoms with Gasteiger partial charge in [-0.3, -0.25) is 0 Å². The van der Waals surface area contributed by atoms with Crippen LogP contribution in [0.5, 0.6) is 0 Å². The number of hydrogen-bond donors (Lipinski definition) is 0. The molecule has 0 amide bonds. The Kier molecular flexibility index (Phi) is 5.70. The average Bonchev–Trinajstić information content (AvgIpc) is 3.72. The van der Waals surface area contributed by atoms with E-state index in [1.807, 2.05) is 12.1 Å². The normalized spacial score (nSPS) is 12.0. The molecule has 0 radical (unpaired) electrons. The maximum Gasteiger partial charge on any atom is 0.135 e. The van der Waals surface area contributed by atoms with Crippen LogP contribution in [0.3, 0.4) is 0 Å². The molecule has 0 atom stereocenters. The molecule has 10 aromatic rings. The Morgan fingerprint density at radius 1 is 0.300 bits per heavy atom. The minimum atomic E-state index is 0.916. The average molecular weight is 636 g/mol. The summed E-state index contributed by atoms with van der Waals surface area (Å²) in [4.78, 5) is 0. The van der Waals surface area contributed by atoms with E-state index in [-0.39, 0.29) is 0 Å². The predicted molar refractivity (Wildman–Crippen MR) is 209 cm³/mol. The number of rotatable bonds is 2. The van der Waals surface area contributed by atoms with Gasteiger partial charge in [0.2, 0.25) is 0 Å². The van der Waals surface area contributed by atoms with Crippen molar-refractivity contribution in [3.63, 3.8) is 0 Å². The lowest BCUT2D eigenvalue weighted by molar-refractivity contribution is 0.669. The number of nitrogens with zero attached hydrogens (tertiary/aromatic N) is 1. The number of aromatic nitrogens is 1. The summed E-state index contributed by atoms with van der Waals surface area (Å²) in [5.41, 5.74) is 17.8. The third-order valence-corrected chi connectivity index (χ3v) is 10.6. The summed E-state index contributed by atoms with van der Waals surface area (Å²) in [5.74, 6) is 0. The van der Waals surface area contributed by atoms with Crippen molar-refractivity contribution in [3.05, 3.63) is 176 Å². The van der Waals surface area contributed by atoms with E-state index in [0.29, 0.717) is 0 Å². The van der Waals surface area contributed by atoms with Gasteiger partial charge in [0.15, 0.2) is 0 Å². The van der Waals surface area contributed by atoms with Crippen LogP contribution in [0, 0.1) is 0 Å². The second-order valence-electron chi connectivity index (χ2n) is 13.3. The molecule has 0 saturated heterocycles. The molecule has 11 rings (SSSR count). The molecule has 0 bridgehead atoms. The zero-order valence-electron chi connectivity index (χ0n) is 27.1. The molecule has 2 heterocycles. The molecular weight excluding hydrogens is 607 g/mol. The van der Waals surface area contributed by atoms with Crippen molar-refractivity contribution in [2.24, 2.45) is 0 Å². The molecule has 0 aliphatic heterocycles. The Morgan fingerprint density at radius 2 is 0.780 bits per heavy atom. The van der Waals surface area contributed by atoms with Gasteiger partial charge in [0.1, 0.15) is 11.2 Å². The third-order valence-electron chi connectivity index (χ3n) is 10.6. The Morgan fingerprint density at radius 3 is 1.46 bits per heavy atom. The molecule has 8 aromatic carbocycles. The van der Waals surface area contributed by atoms with Gasteiger partial charge >= 0.3 is 0 Å². The van der Waals surface area contributed by atoms with Gasteiger partial charge in [-0.25, -0.2) is 0 Å². The zero-order chi connectivity index (χ0) is 32.8. The van der Waals surface area contributed by atoms with Crippen molar-refractivity contribution < 1.29 is 4.42 Å². The van der Waals surface area contributed by atoms with Gasteiger partial charge in [-0.1, -0.05) is 127 Å². The summed E-state index contributed by atoms with van der Waals surface area (Å²) in [6, 6.07) is 64.1. The second-order valence-corrected chi connectivity index (χ2v) is 13.3. The van der Waals surface area contributed by atoms with Crippen LogP contribution in [0.2, 0.25) is 0 Å². The highest BCUT2D eigenvalue weighted by Gasteiger charge is 2.23. The number of benzene rings is 8. The van der Waals surface area contributed by atoms with Crippen molar-refractivity contribution >= 4 is 43.7 Å². The van der Waals surface area contributed by atoms with Crippen molar-refractivity contribution in [1.82, 2.24) is 4.57 Å². The van der Waals surface area contributed by atoms with E-state index < -0.39 is 0 Å². The van der Waals surface area contributed by atoms with Gasteiger partial charge < -0.3 is 8.98 Å². The van der Waals surface area contributed by atoms with Crippen molar-refractivity contribution in [3.8, 4) is 61.3 Å². The monoisotopic (exact) mass is 635 g/mol. The van der Waals surface area contributed by atoms with E-state index in [0.717, 1.165) is 27.6 Å². The molecule has 2 nitrogen and oxygen atoms in total. The summed E-state index contributed by atoms with van der Waals surface area (Å²) < 4.78 is 8.57. The molecule has 232 valence electrons. The van der Waals surface area contributed by atoms with Crippen LogP contribution in [-0.2, 0) is 0 Å². The van der Waals surface area contributed by atoms with Crippen LogP contribution in [0.15, 0.2) is 180 Å². The first-order valence-electron chi connectivity index (χ1n) is 17.2. The molecule has 0 fully saturated rings. The molecule has 1 aliphatic rings. The molecular formula is C48H29NO. The van der Waals surface area contributed by atoms with Crippen LogP contribution in [0.25, 0.3) is 105 Å². The molecule has 2 heteroatoms. The van der Waals surface area contributed by atoms with E-state index in [1.54, 1.807) is 0 Å². The van der Waals surface area contributed by atoms with E-state index in [9.17, 15) is 0 Å². The fourth-order valence-corrected chi connectivity index (χ4v) is 8.32. The summed E-state index contributed by atoms with van der Waals surface area (Å²) in [5, 5.41) is 4.77. The quantitative estimate of drug-likeness (QED) is 0.185. The lowest BCUT2D eigenvalue weighted by atomic mass is 9.81. The van der Waals surface area contributed by atoms with Crippen LogP contribution >= 0.6 is 0 Å². The highest BCUT2D eigenvalue weighted by atomic mass is 16.3. The number of furan rings is 1. The zero-order valence-corrected chi connectivity index (χ0v) is 27.1. The first-order chi connectivity index (χ1) is 24.8. The minimum Gasteiger partial charge on any atom is -0.456 e. The largest absolute Gasteiger partial charge is 0.456 e. The fourth-order valence-electron chi connectivity index (χ4n) is 8.32. The van der Waals surface area contributed by atoms with E-state index in [4.69, 9.17) is 4.42 Å². The third kappa shape index (κ3) is 3.90. The molecule has 2 aromatic heterocycles. The number of fused-ring (bicyclic) bond motifs is 14. The maximum atomic E-state index is 6.13. The number of para-hydroxylation sites is 2. The Labute approximate surface area is 289 Å². The lowest BCUT2D eigenvalue weighted by Gasteiger charge is -2.23. The van der Waals surface area contributed by atoms with Gasteiger partial charge in [-0.05, 0) is 104 Å². The fraction of sp³-hybridized carbons (Fsp3) is 0. The van der Waals surface area contributed by atoms with Gasteiger partial charge in [-0.2, -0.15) is 0 Å². The first-order valence-corrected chi connectivity index (χ1v) is 17.2. The molecule has 0 unspecified atom stereocenters. The number of hydrogen-bond acceptors (Lipinski definition) is 1. The van der Waals surface area contributed by atoms with E-state index in [1.165, 1.54) is 77.4 Å². The summed E-state index contributed by atoms with van der Waals surface area (Å²) in [7, 11) is 0. The molecule has 1 aliphatic carbocycles. The molecule has 0 saturated carbocycles. The smallest absolute Gasteiger partial charge is 0.135 e. The SMILES string of the molecule is c1ccc2c(c1)-c1ccccc1-c1ccc(-n3c4ccccc4c4cc(-c5ccc6oc7ccccc7c6c5)ccc43)cc1-c1ccccc1-2. The second kappa shape index (κ2) is 10.4. The Balaban J connectivity index is 1.14. The Bertz CT molecular complexity index is 2990. The van der Waals surface area contributed by atoms with Crippen LogP contribution in [-0.4, -0.2) is 4.57 Å². The van der Waals surface area contributed by atoms with E-state index in [2.05, 4.69) is 168 Å². The van der Waals surface area contributed by atoms with Crippen LogP contribution in [0.4, 0.5) is 0 Å². The van der Waals surface area contributed by atoms with E-state index >= 15 is 0 Å². The molecule has 0 spiro atoms. The van der Waals surface area contributed by atoms with Gasteiger partial charge in [0, 0.05) is 27.2 Å². The standard InChI is InChI=1S/C48H29NO/c1-2-12-34-33(11-1)35-13-3-4-15-37(35)39-24-23-32(29-42(39)38-16-6-5-14-36(34)38)49-45-19-9-7-17-40(45)43-27-30(21-25-46(43)49)31-22-26-48-44(28-31)41-18-8-10-20-47(41)50-48/h1-29H. The van der Waals surface area contributed by atoms with Crippen molar-refractivity contribution in [2.75, 3.05) is 0 Å². The van der Waals surface area contributed by atoms with Gasteiger partial charge in [-0.15, -0.1) is 0 Å². The summed E-state index contributed by atoms with van der Waals surface area (Å²) >= 11 is 0. The van der Waals surface area contributed by atoms with Crippen LogP contribution in [0.1, 0.15) is 0 Å². The van der Waals surface area contributed by atoms with Crippen molar-refractivity contribution in [2.45, 2.75) is 0 Å².